The molecule has 3 rings (SSSR count). The predicted octanol–water partition coefficient (Wildman–Crippen LogP) is 5.09. The Bertz CT molecular complexity index is 1440. The van der Waals surface area contributed by atoms with E-state index in [-0.39, 0.29) is 23.3 Å². The summed E-state index contributed by atoms with van der Waals surface area (Å²) in [6.07, 6.45) is 0.356. The molecule has 0 saturated heterocycles. The monoisotopic (exact) mass is 579 g/mol. The summed E-state index contributed by atoms with van der Waals surface area (Å²) in [5.41, 5.74) is 2.75. The molecule has 220 valence electrons. The van der Waals surface area contributed by atoms with Crippen molar-refractivity contribution in [2.45, 2.75) is 58.5 Å². The van der Waals surface area contributed by atoms with Crippen molar-refractivity contribution in [3.05, 3.63) is 89.5 Å². The van der Waals surface area contributed by atoms with Crippen LogP contribution in [0.15, 0.2) is 77.7 Å². The van der Waals surface area contributed by atoms with Crippen LogP contribution in [0.4, 0.5) is 5.69 Å². The van der Waals surface area contributed by atoms with Crippen LogP contribution in [0.5, 0.6) is 5.75 Å². The number of hydrogen-bond acceptors (Lipinski definition) is 5. The fourth-order valence-electron chi connectivity index (χ4n) is 4.53. The third kappa shape index (κ3) is 8.10. The molecule has 0 fully saturated rings. The first-order chi connectivity index (χ1) is 19.5. The molecule has 2 amide bonds. The molecule has 0 aliphatic rings. The van der Waals surface area contributed by atoms with Crippen molar-refractivity contribution < 1.29 is 22.7 Å². The van der Waals surface area contributed by atoms with Gasteiger partial charge in [-0.3, -0.25) is 13.9 Å². The number of carbonyl (C=O) groups excluding carboxylic acids is 2. The second-order valence-electron chi connectivity index (χ2n) is 10.6. The highest BCUT2D eigenvalue weighted by Gasteiger charge is 2.34. The minimum Gasteiger partial charge on any atom is -0.497 e. The van der Waals surface area contributed by atoms with Crippen LogP contribution in [-0.4, -0.2) is 51.4 Å². The van der Waals surface area contributed by atoms with E-state index >= 15 is 0 Å². The number of nitrogens with zero attached hydrogens (tertiary/aromatic N) is 2. The molecule has 3 aromatic rings. The zero-order valence-electron chi connectivity index (χ0n) is 24.8. The van der Waals surface area contributed by atoms with Crippen LogP contribution in [-0.2, 0) is 26.2 Å². The van der Waals surface area contributed by atoms with Crippen LogP contribution < -0.4 is 14.4 Å². The second-order valence-corrected chi connectivity index (χ2v) is 12.4. The molecule has 9 heteroatoms. The largest absolute Gasteiger partial charge is 0.497 e. The van der Waals surface area contributed by atoms with E-state index in [1.54, 1.807) is 37.4 Å². The number of aryl methyl sites for hydroxylation is 2. The maximum absolute atomic E-state index is 14.2. The second kappa shape index (κ2) is 14.2. The molecule has 1 atom stereocenters. The van der Waals surface area contributed by atoms with Crippen molar-refractivity contribution in [2.75, 3.05) is 24.5 Å². The summed E-state index contributed by atoms with van der Waals surface area (Å²) in [7, 11) is -2.55. The molecule has 0 aliphatic heterocycles. The number of amides is 2. The van der Waals surface area contributed by atoms with Crippen LogP contribution in [0.1, 0.15) is 43.9 Å². The number of ether oxygens (including phenoxy) is 1. The summed E-state index contributed by atoms with van der Waals surface area (Å²) in [5.74, 6) is 0.0899. The molecule has 1 unspecified atom stereocenters. The van der Waals surface area contributed by atoms with E-state index in [1.165, 1.54) is 17.0 Å². The van der Waals surface area contributed by atoms with Crippen LogP contribution in [0, 0.1) is 19.8 Å². The predicted molar refractivity (Wildman–Crippen MR) is 162 cm³/mol. The zero-order valence-corrected chi connectivity index (χ0v) is 25.6. The number of anilines is 1. The SMILES string of the molecule is CCC(C(=O)NCC(C)C)N(Cc1cccc(OC)c1)C(=O)CN(c1cc(C)ccc1C)S(=O)(=O)c1ccccc1. The van der Waals surface area contributed by atoms with Gasteiger partial charge in [-0.25, -0.2) is 8.42 Å². The number of sulfonamides is 1. The highest BCUT2D eigenvalue weighted by Crippen LogP contribution is 2.29. The molecule has 0 heterocycles. The lowest BCUT2D eigenvalue weighted by Gasteiger charge is -2.33. The molecule has 0 radical (unpaired) electrons. The van der Waals surface area contributed by atoms with Gasteiger partial charge >= 0.3 is 0 Å². The van der Waals surface area contributed by atoms with Crippen molar-refractivity contribution in [2.24, 2.45) is 5.92 Å². The Morgan fingerprint density at radius 3 is 2.29 bits per heavy atom. The Labute approximate surface area is 244 Å². The molecule has 0 saturated carbocycles. The first kappa shape index (κ1) is 31.7. The van der Waals surface area contributed by atoms with Crippen LogP contribution in [0.3, 0.4) is 0 Å². The van der Waals surface area contributed by atoms with Crippen molar-refractivity contribution >= 4 is 27.5 Å². The number of nitrogens with one attached hydrogen (secondary N) is 1. The smallest absolute Gasteiger partial charge is 0.264 e. The van der Waals surface area contributed by atoms with Gasteiger partial charge < -0.3 is 15.0 Å². The molecule has 0 spiro atoms. The summed E-state index contributed by atoms with van der Waals surface area (Å²) < 4.78 is 34.5. The van der Waals surface area contributed by atoms with E-state index in [9.17, 15) is 18.0 Å². The highest BCUT2D eigenvalue weighted by molar-refractivity contribution is 7.92. The van der Waals surface area contributed by atoms with Gasteiger partial charge in [-0.15, -0.1) is 0 Å². The lowest BCUT2D eigenvalue weighted by atomic mass is 10.1. The quantitative estimate of drug-likeness (QED) is 0.305. The molecule has 8 nitrogen and oxygen atoms in total. The van der Waals surface area contributed by atoms with Crippen LogP contribution in [0.2, 0.25) is 0 Å². The molecule has 41 heavy (non-hydrogen) atoms. The fraction of sp³-hybridized carbons (Fsp3) is 0.375. The van der Waals surface area contributed by atoms with Crippen molar-refractivity contribution in [3.63, 3.8) is 0 Å². The maximum atomic E-state index is 14.2. The van der Waals surface area contributed by atoms with Crippen molar-refractivity contribution in [1.29, 1.82) is 0 Å². The number of hydrogen-bond donors (Lipinski definition) is 1. The van der Waals surface area contributed by atoms with Gasteiger partial charge in [0.15, 0.2) is 0 Å². The lowest BCUT2D eigenvalue weighted by molar-refractivity contribution is -0.140. The minimum absolute atomic E-state index is 0.0785. The van der Waals surface area contributed by atoms with Gasteiger partial charge in [0.05, 0.1) is 17.7 Å². The number of rotatable bonds is 13. The summed E-state index contributed by atoms with van der Waals surface area (Å²) in [4.78, 5) is 29.1. The van der Waals surface area contributed by atoms with Gasteiger partial charge in [0, 0.05) is 13.1 Å². The van der Waals surface area contributed by atoms with Gasteiger partial charge in [0.25, 0.3) is 10.0 Å². The van der Waals surface area contributed by atoms with Gasteiger partial charge in [0.1, 0.15) is 18.3 Å². The van der Waals surface area contributed by atoms with Crippen LogP contribution >= 0.6 is 0 Å². The Hall–Kier alpha value is -3.85. The first-order valence-electron chi connectivity index (χ1n) is 13.8. The van der Waals surface area contributed by atoms with Gasteiger partial charge in [-0.2, -0.15) is 0 Å². The Morgan fingerprint density at radius 2 is 1.66 bits per heavy atom. The molecule has 1 N–H and O–H groups in total. The Kier molecular flexibility index (Phi) is 10.9. The van der Waals surface area contributed by atoms with Crippen molar-refractivity contribution in [1.82, 2.24) is 10.2 Å². The fourth-order valence-corrected chi connectivity index (χ4v) is 6.02. The molecule has 0 bridgehead atoms. The molecule has 3 aromatic carbocycles. The molecular weight excluding hydrogens is 538 g/mol. The third-order valence-corrected chi connectivity index (χ3v) is 8.57. The summed E-state index contributed by atoms with van der Waals surface area (Å²) in [5, 5.41) is 2.95. The Balaban J connectivity index is 2.09. The van der Waals surface area contributed by atoms with Gasteiger partial charge in [0.2, 0.25) is 11.8 Å². The van der Waals surface area contributed by atoms with Gasteiger partial charge in [-0.1, -0.05) is 63.2 Å². The minimum atomic E-state index is -4.11. The number of methoxy groups -OCH3 is 1. The van der Waals surface area contributed by atoms with E-state index in [0.29, 0.717) is 30.0 Å². The topological polar surface area (TPSA) is 96.0 Å². The third-order valence-electron chi connectivity index (χ3n) is 6.80. The normalized spacial score (nSPS) is 12.1. The first-order valence-corrected chi connectivity index (χ1v) is 15.3. The summed E-state index contributed by atoms with van der Waals surface area (Å²) in [6, 6.07) is 20.1. The maximum Gasteiger partial charge on any atom is 0.264 e. The summed E-state index contributed by atoms with van der Waals surface area (Å²) in [6.45, 7) is 9.62. The Morgan fingerprint density at radius 1 is 0.951 bits per heavy atom. The average Bonchev–Trinajstić information content (AvgIpc) is 2.96. The molecule has 0 aromatic heterocycles. The lowest BCUT2D eigenvalue weighted by Crippen LogP contribution is -2.52. The van der Waals surface area contributed by atoms with Crippen LogP contribution in [0.25, 0.3) is 0 Å². The van der Waals surface area contributed by atoms with E-state index in [1.807, 2.05) is 65.0 Å². The summed E-state index contributed by atoms with van der Waals surface area (Å²) >= 11 is 0. The van der Waals surface area contributed by atoms with E-state index < -0.39 is 28.5 Å². The zero-order chi connectivity index (χ0) is 30.2. The number of carbonyl (C=O) groups is 2. The van der Waals surface area contributed by atoms with E-state index in [4.69, 9.17) is 4.74 Å². The highest BCUT2D eigenvalue weighted by atomic mass is 32.2. The average molecular weight is 580 g/mol. The van der Waals surface area contributed by atoms with Crippen molar-refractivity contribution in [3.8, 4) is 5.75 Å². The standard InChI is InChI=1S/C32H41N3O5S/c1-7-29(32(37)33-20-23(2)3)34(21-26-12-11-13-27(19-26)40-6)31(36)22-35(30-18-24(4)16-17-25(30)5)41(38,39)28-14-9-8-10-15-28/h8-19,23,29H,7,20-22H2,1-6H3,(H,33,37). The number of benzene rings is 3. The van der Waals surface area contributed by atoms with E-state index in [2.05, 4.69) is 5.32 Å². The van der Waals surface area contributed by atoms with E-state index in [0.717, 1.165) is 15.4 Å². The molecular formula is C32H41N3O5S. The molecule has 0 aliphatic carbocycles. The van der Waals surface area contributed by atoms with Gasteiger partial charge in [-0.05, 0) is 73.2 Å².